The van der Waals surface area contributed by atoms with Gasteiger partial charge >= 0.3 is 11.3 Å². The highest BCUT2D eigenvalue weighted by atomic mass is 16.4. The number of rotatable bonds is 5. The van der Waals surface area contributed by atoms with Crippen molar-refractivity contribution in [3.63, 3.8) is 0 Å². The second-order valence-corrected chi connectivity index (χ2v) is 6.71. The molecule has 0 aliphatic rings. The van der Waals surface area contributed by atoms with Crippen LogP contribution in [0.2, 0.25) is 0 Å². The molecule has 0 unspecified atom stereocenters. The minimum atomic E-state index is -0.665. The zero-order valence-electron chi connectivity index (χ0n) is 15.4. The van der Waals surface area contributed by atoms with E-state index >= 15 is 0 Å². The first kappa shape index (κ1) is 19.3. The number of phenols is 1. The maximum absolute atomic E-state index is 12.2. The van der Waals surface area contributed by atoms with E-state index in [4.69, 9.17) is 8.83 Å². The van der Waals surface area contributed by atoms with E-state index in [1.54, 1.807) is 26.0 Å². The minimum absolute atomic E-state index is 0.0615. The van der Waals surface area contributed by atoms with E-state index in [2.05, 4.69) is 0 Å². The Kier molecular flexibility index (Phi) is 5.26. The van der Waals surface area contributed by atoms with Crippen LogP contribution in [0.25, 0.3) is 0 Å². The lowest BCUT2D eigenvalue weighted by atomic mass is 9.87. The number of phenolic OH excluding ortho intramolecular Hbond substituents is 1. The Bertz CT molecular complexity index is 1040. The van der Waals surface area contributed by atoms with Gasteiger partial charge in [-0.3, -0.25) is 0 Å². The fraction of sp³-hybridized carbons (Fsp3) is 0.238. The Hall–Kier alpha value is -3.48. The Morgan fingerprint density at radius 1 is 0.786 bits per heavy atom. The van der Waals surface area contributed by atoms with Crippen molar-refractivity contribution in [3.05, 3.63) is 85.4 Å². The van der Waals surface area contributed by atoms with Gasteiger partial charge in [-0.2, -0.15) is 0 Å². The van der Waals surface area contributed by atoms with E-state index in [9.17, 15) is 24.9 Å². The molecule has 3 N–H and O–H groups in total. The van der Waals surface area contributed by atoms with Gasteiger partial charge in [-0.15, -0.1) is 0 Å². The molecule has 0 saturated carbocycles. The molecule has 3 aromatic rings. The molecule has 0 bridgehead atoms. The van der Waals surface area contributed by atoms with Crippen LogP contribution in [0.4, 0.5) is 0 Å². The van der Waals surface area contributed by atoms with Crippen LogP contribution >= 0.6 is 0 Å². The molecule has 0 spiro atoms. The summed E-state index contributed by atoms with van der Waals surface area (Å²) >= 11 is 0. The molecule has 2 heterocycles. The number of aryl methyl sites for hydroxylation is 2. The van der Waals surface area contributed by atoms with Gasteiger partial charge < -0.3 is 24.2 Å². The first-order valence-electron chi connectivity index (χ1n) is 8.68. The molecule has 146 valence electrons. The van der Waals surface area contributed by atoms with E-state index in [0.717, 1.165) is 0 Å². The summed E-state index contributed by atoms with van der Waals surface area (Å²) in [6.45, 7) is 3.11. The predicted molar refractivity (Wildman–Crippen MR) is 101 cm³/mol. The van der Waals surface area contributed by atoms with Crippen LogP contribution in [0.15, 0.2) is 54.8 Å². The Morgan fingerprint density at radius 3 is 1.61 bits per heavy atom. The fourth-order valence-corrected chi connectivity index (χ4v) is 3.17. The van der Waals surface area contributed by atoms with Gasteiger partial charge in [0.15, 0.2) is 0 Å². The normalized spacial score (nSPS) is 11.1. The van der Waals surface area contributed by atoms with Gasteiger partial charge in [-0.25, -0.2) is 9.59 Å². The quantitative estimate of drug-likeness (QED) is 0.618. The van der Waals surface area contributed by atoms with Crippen LogP contribution in [0.1, 0.15) is 34.1 Å². The van der Waals surface area contributed by atoms with Gasteiger partial charge in [-0.05, 0) is 50.3 Å². The number of hydrogen-bond donors (Lipinski definition) is 3. The summed E-state index contributed by atoms with van der Waals surface area (Å²) in [5, 5.41) is 29.9. The summed E-state index contributed by atoms with van der Waals surface area (Å²) < 4.78 is 10.1. The summed E-state index contributed by atoms with van der Waals surface area (Å²) in [5.41, 5.74) is -0.487. The molecule has 1 aromatic carbocycles. The highest BCUT2D eigenvalue weighted by Crippen LogP contribution is 2.30. The monoisotopic (exact) mass is 384 g/mol. The molecule has 0 amide bonds. The van der Waals surface area contributed by atoms with Gasteiger partial charge in [0.2, 0.25) is 0 Å². The molecule has 28 heavy (non-hydrogen) atoms. The smallest absolute Gasteiger partial charge is 0.342 e. The van der Waals surface area contributed by atoms with E-state index < -0.39 is 17.2 Å². The summed E-state index contributed by atoms with van der Waals surface area (Å²) in [4.78, 5) is 24.4. The fourth-order valence-electron chi connectivity index (χ4n) is 3.17. The van der Waals surface area contributed by atoms with E-state index in [-0.39, 0.29) is 52.7 Å². The molecule has 0 radical (unpaired) electrons. The van der Waals surface area contributed by atoms with Gasteiger partial charge in [-0.1, -0.05) is 12.1 Å². The van der Waals surface area contributed by atoms with Crippen LogP contribution in [-0.2, 0) is 12.8 Å². The molecule has 3 rings (SSSR count). The topological polar surface area (TPSA) is 121 Å². The lowest BCUT2D eigenvalue weighted by Crippen LogP contribution is -2.18. The van der Waals surface area contributed by atoms with E-state index in [1.807, 2.05) is 0 Å². The molecular weight excluding hydrogens is 364 g/mol. The summed E-state index contributed by atoms with van der Waals surface area (Å²) in [7, 11) is 0. The van der Waals surface area contributed by atoms with Crippen LogP contribution in [0, 0.1) is 13.8 Å². The Morgan fingerprint density at radius 2 is 1.21 bits per heavy atom. The van der Waals surface area contributed by atoms with Crippen molar-refractivity contribution in [2.45, 2.75) is 32.6 Å². The van der Waals surface area contributed by atoms with Crippen LogP contribution < -0.4 is 11.3 Å². The first-order chi connectivity index (χ1) is 13.2. The van der Waals surface area contributed by atoms with Crippen molar-refractivity contribution in [1.82, 2.24) is 0 Å². The van der Waals surface area contributed by atoms with E-state index in [1.165, 1.54) is 24.3 Å². The van der Waals surface area contributed by atoms with Crippen LogP contribution in [0.3, 0.4) is 0 Å². The predicted octanol–water partition coefficient (Wildman–Crippen LogP) is 2.90. The minimum Gasteiger partial charge on any atom is -0.508 e. The van der Waals surface area contributed by atoms with Crippen molar-refractivity contribution >= 4 is 0 Å². The van der Waals surface area contributed by atoms with Gasteiger partial charge in [0.05, 0.1) is 11.1 Å². The molecular formula is C21H20O7. The highest BCUT2D eigenvalue weighted by molar-refractivity contribution is 5.37. The Balaban J connectivity index is 2.05. The molecule has 0 aliphatic heterocycles. The van der Waals surface area contributed by atoms with Gasteiger partial charge in [0.1, 0.15) is 28.8 Å². The van der Waals surface area contributed by atoms with Crippen LogP contribution in [0.5, 0.6) is 17.2 Å². The molecule has 0 aliphatic carbocycles. The maximum atomic E-state index is 12.2. The third-order valence-electron chi connectivity index (χ3n) is 4.56. The summed E-state index contributed by atoms with van der Waals surface area (Å²) in [5.74, 6) is -0.226. The highest BCUT2D eigenvalue weighted by Gasteiger charge is 2.22. The average Bonchev–Trinajstić information content (AvgIpc) is 2.60. The zero-order valence-corrected chi connectivity index (χ0v) is 15.4. The zero-order chi connectivity index (χ0) is 20.4. The lowest BCUT2D eigenvalue weighted by molar-refractivity contribution is 0.410. The third-order valence-corrected chi connectivity index (χ3v) is 4.56. The molecule has 0 saturated heterocycles. The third kappa shape index (κ3) is 4.09. The first-order valence-corrected chi connectivity index (χ1v) is 8.68. The van der Waals surface area contributed by atoms with Gasteiger partial charge in [0, 0.05) is 12.1 Å². The molecule has 7 heteroatoms. The largest absolute Gasteiger partial charge is 0.508 e. The van der Waals surface area contributed by atoms with Crippen molar-refractivity contribution in [3.8, 4) is 17.2 Å². The van der Waals surface area contributed by atoms with Crippen LogP contribution in [-0.4, -0.2) is 15.3 Å². The average molecular weight is 384 g/mol. The second kappa shape index (κ2) is 7.64. The molecule has 7 nitrogen and oxygen atoms in total. The molecule has 0 fully saturated rings. The van der Waals surface area contributed by atoms with Crippen molar-refractivity contribution in [2.75, 3.05) is 0 Å². The van der Waals surface area contributed by atoms with E-state index in [0.29, 0.717) is 5.56 Å². The molecule has 0 atom stereocenters. The lowest BCUT2D eigenvalue weighted by Gasteiger charge is -2.18. The molecule has 2 aromatic heterocycles. The second-order valence-electron chi connectivity index (χ2n) is 6.71. The number of hydrogen-bond acceptors (Lipinski definition) is 7. The van der Waals surface area contributed by atoms with Crippen molar-refractivity contribution in [2.24, 2.45) is 0 Å². The number of aromatic hydroxyl groups is 3. The number of benzene rings is 1. The van der Waals surface area contributed by atoms with Crippen molar-refractivity contribution in [1.29, 1.82) is 0 Å². The standard InChI is InChI=1S/C21H20O7/c1-11-7-18(23)16(20(25)27-11)9-14(13-3-5-15(22)6-4-13)10-17-19(24)8-12(2)28-21(17)26/h3-8,14,22-24H,9-10H2,1-2H3. The van der Waals surface area contributed by atoms with Gasteiger partial charge in [0.25, 0.3) is 0 Å². The summed E-state index contributed by atoms with van der Waals surface area (Å²) in [6.07, 6.45) is 0.123. The summed E-state index contributed by atoms with van der Waals surface area (Å²) in [6, 6.07) is 8.97. The SMILES string of the molecule is Cc1cc(O)c(CC(Cc2c(O)cc(C)oc2=O)c2ccc(O)cc2)c(=O)o1. The van der Waals surface area contributed by atoms with Crippen molar-refractivity contribution < 1.29 is 24.2 Å². The maximum Gasteiger partial charge on any atom is 0.342 e. The Labute approximate surface area is 160 Å².